The van der Waals surface area contributed by atoms with Gasteiger partial charge in [0, 0.05) is 41.8 Å². The molecule has 188 valence electrons. The lowest BCUT2D eigenvalue weighted by Crippen LogP contribution is -2.40. The van der Waals surface area contributed by atoms with Crippen molar-refractivity contribution in [2.24, 2.45) is 5.92 Å². The molecule has 1 amide bonds. The van der Waals surface area contributed by atoms with E-state index in [1.54, 1.807) is 7.05 Å². The summed E-state index contributed by atoms with van der Waals surface area (Å²) in [4.78, 5) is 30.4. The molecule has 0 bridgehead atoms. The number of carbonyl (C=O) groups excluding carboxylic acids is 1. The number of amides is 1. The van der Waals surface area contributed by atoms with Crippen LogP contribution in [0.15, 0.2) is 35.3 Å². The number of H-pyrrole nitrogens is 1. The minimum atomic E-state index is 0.0845. The first-order valence-corrected chi connectivity index (χ1v) is 13.0. The first kappa shape index (κ1) is 25.2. The smallest absolute Gasteiger partial charge is 0.253 e. The first-order valence-electron chi connectivity index (χ1n) is 13.0. The van der Waals surface area contributed by atoms with Gasteiger partial charge in [-0.1, -0.05) is 33.8 Å². The van der Waals surface area contributed by atoms with Gasteiger partial charge < -0.3 is 14.9 Å². The molecule has 2 N–H and O–H groups in total. The molecule has 1 aliphatic rings. The fourth-order valence-corrected chi connectivity index (χ4v) is 5.47. The van der Waals surface area contributed by atoms with Gasteiger partial charge in [0.05, 0.1) is 12.2 Å². The van der Waals surface area contributed by atoms with E-state index >= 15 is 0 Å². The molecule has 0 saturated carbocycles. The van der Waals surface area contributed by atoms with Crippen LogP contribution in [0, 0.1) is 12.8 Å². The van der Waals surface area contributed by atoms with Gasteiger partial charge in [-0.2, -0.15) is 0 Å². The van der Waals surface area contributed by atoms with E-state index in [4.69, 9.17) is 0 Å². The van der Waals surface area contributed by atoms with Gasteiger partial charge in [0.1, 0.15) is 0 Å². The summed E-state index contributed by atoms with van der Waals surface area (Å²) in [6.07, 6.45) is 4.15. The zero-order chi connectivity index (χ0) is 25.3. The Morgan fingerprint density at radius 3 is 2.49 bits per heavy atom. The third-order valence-corrected chi connectivity index (χ3v) is 7.26. The Hall–Kier alpha value is -2.86. The topological polar surface area (TPSA) is 70.1 Å². The Morgan fingerprint density at radius 1 is 1.14 bits per heavy atom. The average molecular weight is 477 g/mol. The van der Waals surface area contributed by atoms with Gasteiger partial charge in [0.25, 0.3) is 5.56 Å². The lowest BCUT2D eigenvalue weighted by Gasteiger charge is -2.31. The molecule has 35 heavy (non-hydrogen) atoms. The second kappa shape index (κ2) is 10.4. The normalized spacial score (nSPS) is 15.4. The number of piperidine rings is 1. The van der Waals surface area contributed by atoms with Crippen LogP contribution >= 0.6 is 0 Å². The van der Waals surface area contributed by atoms with Crippen LogP contribution in [0.3, 0.4) is 0 Å². The van der Waals surface area contributed by atoms with E-state index in [1.165, 1.54) is 16.5 Å². The van der Waals surface area contributed by atoms with Crippen LogP contribution in [0.4, 0.5) is 0 Å². The maximum Gasteiger partial charge on any atom is 0.253 e. The Morgan fingerprint density at radius 2 is 1.86 bits per heavy atom. The molecule has 1 aliphatic heterocycles. The maximum absolute atomic E-state index is 12.7. The second-order valence-corrected chi connectivity index (χ2v) is 10.9. The Balaban J connectivity index is 1.68. The number of nitrogens with zero attached hydrogens (tertiary/aromatic N) is 2. The summed E-state index contributed by atoms with van der Waals surface area (Å²) in [5.41, 5.74) is 6.90. The van der Waals surface area contributed by atoms with Gasteiger partial charge in [-0.3, -0.25) is 14.5 Å². The summed E-state index contributed by atoms with van der Waals surface area (Å²) in [6.45, 7) is 13.8. The summed E-state index contributed by atoms with van der Waals surface area (Å²) in [5, 5.41) is 4.00. The largest absolute Gasteiger partial charge is 0.358 e. The molecule has 6 nitrogen and oxygen atoms in total. The number of likely N-dealkylation sites (tertiary alicyclic amines) is 1. The van der Waals surface area contributed by atoms with Crippen LogP contribution in [0.1, 0.15) is 69.1 Å². The molecule has 0 radical (unpaired) electrons. The summed E-state index contributed by atoms with van der Waals surface area (Å²) in [6, 6.07) is 8.88. The summed E-state index contributed by atoms with van der Waals surface area (Å²) < 4.78 is 1.86. The highest BCUT2D eigenvalue weighted by molar-refractivity contribution is 5.92. The Bertz CT molecular complexity index is 1260. The SMILES string of the molecule is CNC(=O)CN1CCC(c2ccc3[nH]c(-c4cc(C)c(=O)n(CC(C)C)c4)c(C(C)C)c3c2)CC1. The van der Waals surface area contributed by atoms with Gasteiger partial charge in [-0.25, -0.2) is 0 Å². The monoisotopic (exact) mass is 476 g/mol. The van der Waals surface area contributed by atoms with Crippen LogP contribution < -0.4 is 10.9 Å². The number of aromatic nitrogens is 2. The van der Waals surface area contributed by atoms with Crippen molar-refractivity contribution in [3.8, 4) is 11.3 Å². The highest BCUT2D eigenvalue weighted by atomic mass is 16.2. The van der Waals surface area contributed by atoms with Gasteiger partial charge in [0.15, 0.2) is 0 Å². The van der Waals surface area contributed by atoms with Gasteiger partial charge in [0.2, 0.25) is 5.91 Å². The van der Waals surface area contributed by atoms with Crippen molar-refractivity contribution in [3.05, 3.63) is 57.5 Å². The molecule has 4 rings (SSSR count). The van der Waals surface area contributed by atoms with Gasteiger partial charge in [-0.15, -0.1) is 0 Å². The fourth-order valence-electron chi connectivity index (χ4n) is 5.47. The number of likely N-dealkylation sites (N-methyl/N-ethyl adjacent to an activating group) is 1. The number of hydrogen-bond donors (Lipinski definition) is 2. The number of rotatable bonds is 7. The Labute approximate surface area is 208 Å². The van der Waals surface area contributed by atoms with Crippen LogP contribution in [0.25, 0.3) is 22.2 Å². The molecule has 6 heteroatoms. The number of hydrogen-bond acceptors (Lipinski definition) is 3. The summed E-state index contributed by atoms with van der Waals surface area (Å²) in [5.74, 6) is 1.34. The number of fused-ring (bicyclic) bond motifs is 1. The average Bonchev–Trinajstić information content (AvgIpc) is 3.21. The minimum Gasteiger partial charge on any atom is -0.358 e. The molecule has 3 heterocycles. The number of pyridine rings is 1. The van der Waals surface area contributed by atoms with Crippen molar-refractivity contribution < 1.29 is 4.79 Å². The van der Waals surface area contributed by atoms with E-state index in [2.05, 4.69) is 61.1 Å². The van der Waals surface area contributed by atoms with E-state index in [1.807, 2.05) is 23.8 Å². The third-order valence-electron chi connectivity index (χ3n) is 7.26. The fraction of sp³-hybridized carbons (Fsp3) is 0.517. The van der Waals surface area contributed by atoms with Crippen molar-refractivity contribution in [1.29, 1.82) is 0 Å². The molecule has 0 spiro atoms. The zero-order valence-corrected chi connectivity index (χ0v) is 22.1. The van der Waals surface area contributed by atoms with Crippen LogP contribution in [-0.4, -0.2) is 47.0 Å². The predicted octanol–water partition coefficient (Wildman–Crippen LogP) is 5.01. The van der Waals surface area contributed by atoms with Gasteiger partial charge in [-0.05, 0) is 79.9 Å². The van der Waals surface area contributed by atoms with Crippen molar-refractivity contribution in [3.63, 3.8) is 0 Å². The number of aryl methyl sites for hydroxylation is 1. The molecule has 3 aromatic rings. The van der Waals surface area contributed by atoms with E-state index < -0.39 is 0 Å². The van der Waals surface area contributed by atoms with Crippen molar-refractivity contribution in [2.75, 3.05) is 26.7 Å². The van der Waals surface area contributed by atoms with Crippen molar-refractivity contribution in [1.82, 2.24) is 19.8 Å². The molecule has 0 unspecified atom stereocenters. The Kier molecular flexibility index (Phi) is 7.50. The first-order chi connectivity index (χ1) is 16.7. The lowest BCUT2D eigenvalue weighted by atomic mass is 9.87. The molecule has 2 aromatic heterocycles. The highest BCUT2D eigenvalue weighted by Crippen LogP contribution is 2.38. The van der Waals surface area contributed by atoms with Crippen LogP contribution in [0.2, 0.25) is 0 Å². The molecule has 1 fully saturated rings. The molecule has 0 atom stereocenters. The van der Waals surface area contributed by atoms with Crippen LogP contribution in [-0.2, 0) is 11.3 Å². The molecular formula is C29H40N4O2. The van der Waals surface area contributed by atoms with E-state index in [9.17, 15) is 9.59 Å². The predicted molar refractivity (Wildman–Crippen MR) is 144 cm³/mol. The maximum atomic E-state index is 12.7. The second-order valence-electron chi connectivity index (χ2n) is 10.9. The van der Waals surface area contributed by atoms with Crippen molar-refractivity contribution >= 4 is 16.8 Å². The lowest BCUT2D eigenvalue weighted by molar-refractivity contribution is -0.122. The number of nitrogens with one attached hydrogen (secondary N) is 2. The van der Waals surface area contributed by atoms with Gasteiger partial charge >= 0.3 is 0 Å². The van der Waals surface area contributed by atoms with Crippen molar-refractivity contribution in [2.45, 2.75) is 65.8 Å². The summed E-state index contributed by atoms with van der Waals surface area (Å²) in [7, 11) is 1.70. The number of benzene rings is 1. The molecular weight excluding hydrogens is 436 g/mol. The standard InChI is InChI=1S/C29H40N4O2/c1-18(2)15-33-16-23(13-20(5)29(33)35)28-27(19(3)4)24-14-22(7-8-25(24)31-28)21-9-11-32(12-10-21)17-26(34)30-6/h7-8,13-14,16,18-19,21,31H,9-12,15,17H2,1-6H3,(H,30,34). The number of aromatic amines is 1. The minimum absolute atomic E-state index is 0.0845. The summed E-state index contributed by atoms with van der Waals surface area (Å²) >= 11 is 0. The van der Waals surface area contributed by atoms with E-state index in [-0.39, 0.29) is 11.5 Å². The molecule has 0 aliphatic carbocycles. The van der Waals surface area contributed by atoms with E-state index in [0.717, 1.165) is 48.3 Å². The number of carbonyl (C=O) groups is 1. The quantitative estimate of drug-likeness (QED) is 0.504. The zero-order valence-electron chi connectivity index (χ0n) is 22.1. The highest BCUT2D eigenvalue weighted by Gasteiger charge is 2.24. The third kappa shape index (κ3) is 5.37. The van der Waals surface area contributed by atoms with E-state index in [0.29, 0.717) is 30.8 Å². The molecule has 1 saturated heterocycles. The van der Waals surface area contributed by atoms with Crippen LogP contribution in [0.5, 0.6) is 0 Å². The molecule has 1 aromatic carbocycles.